The standard InChI is InChI=1S/C15H33P/c1-8-9-10-11-12-13-16(14(2,3)4)15(5,6)7/h8-13H2,1-7H3. The molecule has 0 aliphatic heterocycles. The van der Waals surface area contributed by atoms with E-state index in [0.29, 0.717) is 10.3 Å². The summed E-state index contributed by atoms with van der Waals surface area (Å²) in [5.41, 5.74) is 0. The van der Waals surface area contributed by atoms with Gasteiger partial charge in [0.25, 0.3) is 0 Å². The van der Waals surface area contributed by atoms with Crippen LogP contribution < -0.4 is 0 Å². The summed E-state index contributed by atoms with van der Waals surface area (Å²) in [6.07, 6.45) is 8.56. The lowest BCUT2D eigenvalue weighted by molar-refractivity contribution is 0.646. The fourth-order valence-corrected chi connectivity index (χ4v) is 6.44. The third-order valence-electron chi connectivity index (χ3n) is 3.10. The largest absolute Gasteiger partial charge is 0.0956 e. The third-order valence-corrected chi connectivity index (χ3v) is 7.11. The molecule has 0 saturated heterocycles. The van der Waals surface area contributed by atoms with Gasteiger partial charge in [-0.3, -0.25) is 0 Å². The van der Waals surface area contributed by atoms with Gasteiger partial charge in [-0.05, 0) is 22.9 Å². The Kier molecular flexibility index (Phi) is 7.18. The Labute approximate surface area is 105 Å². The molecule has 0 aliphatic rings. The summed E-state index contributed by atoms with van der Waals surface area (Å²) in [6.45, 7) is 16.8. The monoisotopic (exact) mass is 244 g/mol. The lowest BCUT2D eigenvalue weighted by Crippen LogP contribution is -2.26. The maximum absolute atomic E-state index is 2.43. The molecule has 0 unspecified atom stereocenters. The van der Waals surface area contributed by atoms with Crippen molar-refractivity contribution in [2.75, 3.05) is 6.16 Å². The van der Waals surface area contributed by atoms with Gasteiger partial charge in [-0.2, -0.15) is 0 Å². The first-order valence-corrected chi connectivity index (χ1v) is 8.50. The maximum atomic E-state index is 2.43. The predicted octanol–water partition coefficient (Wildman–Crippen LogP) is 6.04. The Hall–Kier alpha value is 0.430. The summed E-state index contributed by atoms with van der Waals surface area (Å²) < 4.78 is 0. The van der Waals surface area contributed by atoms with Gasteiger partial charge in [0.1, 0.15) is 0 Å². The summed E-state index contributed by atoms with van der Waals surface area (Å²) in [5.74, 6) is 0. The molecule has 0 saturated carbocycles. The zero-order valence-corrected chi connectivity index (χ0v) is 13.6. The van der Waals surface area contributed by atoms with Crippen molar-refractivity contribution in [3.63, 3.8) is 0 Å². The van der Waals surface area contributed by atoms with Crippen LogP contribution in [0.5, 0.6) is 0 Å². The summed E-state index contributed by atoms with van der Waals surface area (Å²) >= 11 is 0. The average molecular weight is 244 g/mol. The smallest absolute Gasteiger partial charge is 0.0175 e. The van der Waals surface area contributed by atoms with Crippen LogP contribution in [0.4, 0.5) is 0 Å². The number of hydrogen-bond acceptors (Lipinski definition) is 0. The van der Waals surface area contributed by atoms with Gasteiger partial charge < -0.3 is 0 Å². The second-order valence-electron chi connectivity index (χ2n) is 6.91. The molecule has 98 valence electrons. The van der Waals surface area contributed by atoms with Crippen LogP contribution in [-0.2, 0) is 0 Å². The van der Waals surface area contributed by atoms with Crippen molar-refractivity contribution in [1.29, 1.82) is 0 Å². The molecule has 0 fully saturated rings. The van der Waals surface area contributed by atoms with Gasteiger partial charge in [0.05, 0.1) is 0 Å². The van der Waals surface area contributed by atoms with Gasteiger partial charge in [-0.15, -0.1) is 0 Å². The third kappa shape index (κ3) is 6.89. The number of rotatable bonds is 6. The minimum Gasteiger partial charge on any atom is -0.0956 e. The van der Waals surface area contributed by atoms with E-state index >= 15 is 0 Å². The van der Waals surface area contributed by atoms with Crippen molar-refractivity contribution in [2.45, 2.75) is 90.9 Å². The SMILES string of the molecule is CCCCCCCP(C(C)(C)C)C(C)(C)C. The quantitative estimate of drug-likeness (QED) is 0.395. The van der Waals surface area contributed by atoms with Crippen LogP contribution in [0.2, 0.25) is 0 Å². The highest BCUT2D eigenvalue weighted by atomic mass is 31.1. The molecule has 0 heterocycles. The van der Waals surface area contributed by atoms with E-state index in [0.717, 1.165) is 0 Å². The second kappa shape index (κ2) is 7.00. The van der Waals surface area contributed by atoms with Crippen LogP contribution in [0.15, 0.2) is 0 Å². The van der Waals surface area contributed by atoms with E-state index in [2.05, 4.69) is 48.5 Å². The Bertz CT molecular complexity index is 157. The van der Waals surface area contributed by atoms with Gasteiger partial charge in [-0.1, -0.05) is 82.1 Å². The predicted molar refractivity (Wildman–Crippen MR) is 80.1 cm³/mol. The molecule has 0 aromatic heterocycles. The van der Waals surface area contributed by atoms with Gasteiger partial charge in [0.2, 0.25) is 0 Å². The number of unbranched alkanes of at least 4 members (excludes halogenated alkanes) is 4. The average Bonchev–Trinajstić information content (AvgIpc) is 2.06. The van der Waals surface area contributed by atoms with E-state index in [4.69, 9.17) is 0 Å². The van der Waals surface area contributed by atoms with Gasteiger partial charge >= 0.3 is 0 Å². The zero-order valence-electron chi connectivity index (χ0n) is 12.7. The van der Waals surface area contributed by atoms with Gasteiger partial charge in [0.15, 0.2) is 0 Å². The Morgan fingerprint density at radius 3 is 1.50 bits per heavy atom. The van der Waals surface area contributed by atoms with E-state index < -0.39 is 0 Å². The highest BCUT2D eigenvalue weighted by molar-refractivity contribution is 7.60. The highest BCUT2D eigenvalue weighted by Crippen LogP contribution is 2.59. The van der Waals surface area contributed by atoms with Crippen molar-refractivity contribution >= 4 is 7.92 Å². The second-order valence-corrected chi connectivity index (χ2v) is 10.9. The van der Waals surface area contributed by atoms with Crippen molar-refractivity contribution in [2.24, 2.45) is 0 Å². The fraction of sp³-hybridized carbons (Fsp3) is 1.00. The summed E-state index contributed by atoms with van der Waals surface area (Å²) in [6, 6.07) is 0. The lowest BCUT2D eigenvalue weighted by Gasteiger charge is -2.41. The van der Waals surface area contributed by atoms with Gasteiger partial charge in [0, 0.05) is 0 Å². The molecule has 0 amide bonds. The van der Waals surface area contributed by atoms with Crippen LogP contribution in [0.3, 0.4) is 0 Å². The molecule has 0 aromatic carbocycles. The van der Waals surface area contributed by atoms with E-state index in [-0.39, 0.29) is 7.92 Å². The van der Waals surface area contributed by atoms with Crippen LogP contribution >= 0.6 is 7.92 Å². The van der Waals surface area contributed by atoms with E-state index in [9.17, 15) is 0 Å². The zero-order chi connectivity index (χ0) is 12.8. The van der Waals surface area contributed by atoms with E-state index in [1.165, 1.54) is 38.3 Å². The topological polar surface area (TPSA) is 0 Å². The Morgan fingerprint density at radius 1 is 0.688 bits per heavy atom. The molecular weight excluding hydrogens is 211 g/mol. The maximum Gasteiger partial charge on any atom is -0.0175 e. The van der Waals surface area contributed by atoms with Crippen molar-refractivity contribution < 1.29 is 0 Å². The van der Waals surface area contributed by atoms with Crippen molar-refractivity contribution in [1.82, 2.24) is 0 Å². The normalized spacial score (nSPS) is 13.5. The van der Waals surface area contributed by atoms with E-state index in [1.54, 1.807) is 0 Å². The minimum atomic E-state index is 0.136. The van der Waals surface area contributed by atoms with Gasteiger partial charge in [-0.25, -0.2) is 0 Å². The molecule has 0 rings (SSSR count). The summed E-state index contributed by atoms with van der Waals surface area (Å²) in [7, 11) is 0.136. The van der Waals surface area contributed by atoms with Crippen LogP contribution in [-0.4, -0.2) is 16.5 Å². The first kappa shape index (κ1) is 16.4. The van der Waals surface area contributed by atoms with Crippen molar-refractivity contribution in [3.05, 3.63) is 0 Å². The first-order valence-electron chi connectivity index (χ1n) is 6.97. The first-order chi connectivity index (χ1) is 7.19. The molecule has 0 aliphatic carbocycles. The minimum absolute atomic E-state index is 0.136. The molecule has 0 nitrogen and oxygen atoms in total. The Morgan fingerprint density at radius 2 is 1.12 bits per heavy atom. The van der Waals surface area contributed by atoms with Crippen LogP contribution in [0.25, 0.3) is 0 Å². The molecular formula is C15H33P. The fourth-order valence-electron chi connectivity index (χ4n) is 2.55. The molecule has 0 atom stereocenters. The molecule has 1 heteroatoms. The van der Waals surface area contributed by atoms with Crippen molar-refractivity contribution in [3.8, 4) is 0 Å². The summed E-state index contributed by atoms with van der Waals surface area (Å²) in [4.78, 5) is 0. The highest BCUT2D eigenvalue weighted by Gasteiger charge is 2.33. The molecule has 16 heavy (non-hydrogen) atoms. The lowest BCUT2D eigenvalue weighted by atomic mass is 10.2. The summed E-state index contributed by atoms with van der Waals surface area (Å²) in [5, 5.41) is 1.02. The molecule has 0 bridgehead atoms. The van der Waals surface area contributed by atoms with E-state index in [1.807, 2.05) is 0 Å². The number of hydrogen-bond donors (Lipinski definition) is 0. The molecule has 0 N–H and O–H groups in total. The Balaban J connectivity index is 4.06. The van der Waals surface area contributed by atoms with Crippen LogP contribution in [0, 0.1) is 0 Å². The van der Waals surface area contributed by atoms with Crippen LogP contribution in [0.1, 0.15) is 80.6 Å². The molecule has 0 radical (unpaired) electrons. The molecule has 0 aromatic rings. The molecule has 0 spiro atoms.